The molecule has 1 aromatic heterocycles. The van der Waals surface area contributed by atoms with Gasteiger partial charge < -0.3 is 19.9 Å². The van der Waals surface area contributed by atoms with Crippen molar-refractivity contribution in [2.45, 2.75) is 26.4 Å². The maximum Gasteiger partial charge on any atom is 0.254 e. The van der Waals surface area contributed by atoms with Crippen LogP contribution in [0.5, 0.6) is 5.75 Å². The molecule has 1 N–H and O–H groups in total. The fourth-order valence-corrected chi connectivity index (χ4v) is 4.38. The summed E-state index contributed by atoms with van der Waals surface area (Å²) in [5, 5.41) is 3.42. The lowest BCUT2D eigenvalue weighted by molar-refractivity contribution is -0.133. The number of anilines is 1. The minimum absolute atomic E-state index is 0.0137. The highest BCUT2D eigenvalue weighted by Gasteiger charge is 2.34. The van der Waals surface area contributed by atoms with Crippen LogP contribution < -0.4 is 10.1 Å². The predicted octanol–water partition coefficient (Wildman–Crippen LogP) is 4.06. The smallest absolute Gasteiger partial charge is 0.254 e. The maximum atomic E-state index is 13.5. The number of pyridine rings is 1. The van der Waals surface area contributed by atoms with E-state index in [0.29, 0.717) is 37.5 Å². The Hall–Kier alpha value is -3.87. The number of nitrogens with one attached hydrogen (secondary N) is 1. The lowest BCUT2D eigenvalue weighted by atomic mass is 10.00. The Labute approximate surface area is 200 Å². The lowest BCUT2D eigenvalue weighted by Gasteiger charge is -2.41. The van der Waals surface area contributed by atoms with Gasteiger partial charge in [-0.15, -0.1) is 0 Å². The van der Waals surface area contributed by atoms with Crippen molar-refractivity contribution in [2.24, 2.45) is 0 Å². The van der Waals surface area contributed by atoms with Crippen LogP contribution in [0, 0.1) is 6.92 Å². The SMILES string of the molecule is COc1ccccc1[C@H]1CN(C(=O)c2ccc(C)c(NCc3cccnc3)c2)CCN1C(C)=O. The lowest BCUT2D eigenvalue weighted by Crippen LogP contribution is -2.51. The number of piperazine rings is 1. The average Bonchev–Trinajstić information content (AvgIpc) is 2.88. The van der Waals surface area contributed by atoms with E-state index < -0.39 is 0 Å². The third-order valence-corrected chi connectivity index (χ3v) is 6.26. The van der Waals surface area contributed by atoms with Gasteiger partial charge in [-0.1, -0.05) is 30.3 Å². The van der Waals surface area contributed by atoms with Crippen LogP contribution in [0.3, 0.4) is 0 Å². The number of methoxy groups -OCH3 is 1. The molecule has 34 heavy (non-hydrogen) atoms. The number of rotatable bonds is 6. The first kappa shape index (κ1) is 23.3. The summed E-state index contributed by atoms with van der Waals surface area (Å²) in [7, 11) is 1.62. The van der Waals surface area contributed by atoms with Crippen molar-refractivity contribution in [1.29, 1.82) is 0 Å². The first-order valence-corrected chi connectivity index (χ1v) is 11.4. The van der Waals surface area contributed by atoms with Crippen molar-refractivity contribution in [3.05, 3.63) is 89.2 Å². The molecule has 7 heteroatoms. The molecule has 2 amide bonds. The number of ether oxygens (including phenoxy) is 1. The summed E-state index contributed by atoms with van der Waals surface area (Å²) in [5.74, 6) is 0.651. The minimum atomic E-state index is -0.264. The van der Waals surface area contributed by atoms with E-state index in [1.54, 1.807) is 20.2 Å². The molecule has 7 nitrogen and oxygen atoms in total. The number of benzene rings is 2. The minimum Gasteiger partial charge on any atom is -0.496 e. The molecule has 4 rings (SSSR count). The number of nitrogens with zero attached hydrogens (tertiary/aromatic N) is 3. The molecule has 176 valence electrons. The summed E-state index contributed by atoms with van der Waals surface area (Å²) in [6, 6.07) is 17.1. The third kappa shape index (κ3) is 5.03. The highest BCUT2D eigenvalue weighted by molar-refractivity contribution is 5.95. The molecule has 0 spiro atoms. The number of aryl methyl sites for hydroxylation is 1. The van der Waals surface area contributed by atoms with E-state index in [1.807, 2.05) is 77.5 Å². The standard InChI is InChI=1S/C27H30N4O3/c1-19-10-11-22(15-24(19)29-17-21-7-6-12-28-16-21)27(33)30-13-14-31(20(2)32)25(18-30)23-8-4-5-9-26(23)34-3/h4-12,15-16,25,29H,13-14,17-18H2,1-3H3/t25-/m1/s1. The molecule has 2 heterocycles. The summed E-state index contributed by atoms with van der Waals surface area (Å²) in [5.41, 5.74) is 4.57. The van der Waals surface area contributed by atoms with E-state index in [-0.39, 0.29) is 17.9 Å². The van der Waals surface area contributed by atoms with Crippen LogP contribution in [0.4, 0.5) is 5.69 Å². The molecule has 0 aliphatic carbocycles. The third-order valence-electron chi connectivity index (χ3n) is 6.26. The van der Waals surface area contributed by atoms with Gasteiger partial charge in [-0.25, -0.2) is 0 Å². The zero-order chi connectivity index (χ0) is 24.1. The Morgan fingerprint density at radius 3 is 2.68 bits per heavy atom. The summed E-state index contributed by atoms with van der Waals surface area (Å²) in [6.45, 7) is 5.58. The maximum absolute atomic E-state index is 13.5. The van der Waals surface area contributed by atoms with Crippen LogP contribution in [0.15, 0.2) is 67.0 Å². The summed E-state index contributed by atoms with van der Waals surface area (Å²) < 4.78 is 5.55. The van der Waals surface area contributed by atoms with Gasteiger partial charge in [-0.2, -0.15) is 0 Å². The van der Waals surface area contributed by atoms with Gasteiger partial charge in [-0.3, -0.25) is 14.6 Å². The number of aromatic nitrogens is 1. The van der Waals surface area contributed by atoms with Gasteiger partial charge in [0.15, 0.2) is 0 Å². The fourth-order valence-electron chi connectivity index (χ4n) is 4.38. The van der Waals surface area contributed by atoms with E-state index in [1.165, 1.54) is 0 Å². The molecule has 1 aliphatic heterocycles. The van der Waals surface area contributed by atoms with Crippen LogP contribution in [-0.4, -0.2) is 53.3 Å². The second kappa shape index (κ2) is 10.4. The van der Waals surface area contributed by atoms with E-state index in [4.69, 9.17) is 4.74 Å². The Balaban J connectivity index is 1.55. The Kier molecular flexibility index (Phi) is 7.11. The summed E-state index contributed by atoms with van der Waals surface area (Å²) >= 11 is 0. The second-order valence-electron chi connectivity index (χ2n) is 8.47. The highest BCUT2D eigenvalue weighted by atomic mass is 16.5. The number of carbonyl (C=O) groups is 2. The summed E-state index contributed by atoms with van der Waals surface area (Å²) in [4.78, 5) is 33.7. The largest absolute Gasteiger partial charge is 0.496 e. The molecular weight excluding hydrogens is 428 g/mol. The van der Waals surface area contributed by atoms with Crippen LogP contribution in [0.1, 0.15) is 40.0 Å². The average molecular weight is 459 g/mol. The van der Waals surface area contributed by atoms with Crippen molar-refractivity contribution in [3.8, 4) is 5.75 Å². The number of hydrogen-bond acceptors (Lipinski definition) is 5. The van der Waals surface area contributed by atoms with Crippen molar-refractivity contribution < 1.29 is 14.3 Å². The highest BCUT2D eigenvalue weighted by Crippen LogP contribution is 2.33. The van der Waals surface area contributed by atoms with E-state index >= 15 is 0 Å². The molecule has 1 saturated heterocycles. The van der Waals surface area contributed by atoms with Crippen molar-refractivity contribution in [1.82, 2.24) is 14.8 Å². The van der Waals surface area contributed by atoms with E-state index in [0.717, 1.165) is 22.4 Å². The molecule has 0 unspecified atom stereocenters. The molecule has 3 aromatic rings. The van der Waals surface area contributed by atoms with Crippen LogP contribution in [0.2, 0.25) is 0 Å². The van der Waals surface area contributed by atoms with Crippen LogP contribution in [-0.2, 0) is 11.3 Å². The second-order valence-corrected chi connectivity index (χ2v) is 8.47. The zero-order valence-corrected chi connectivity index (χ0v) is 19.8. The van der Waals surface area contributed by atoms with Gasteiger partial charge in [-0.05, 0) is 42.3 Å². The van der Waals surface area contributed by atoms with E-state index in [9.17, 15) is 9.59 Å². The zero-order valence-electron chi connectivity index (χ0n) is 19.8. The summed E-state index contributed by atoms with van der Waals surface area (Å²) in [6.07, 6.45) is 3.57. The van der Waals surface area contributed by atoms with Crippen molar-refractivity contribution in [2.75, 3.05) is 32.1 Å². The van der Waals surface area contributed by atoms with Crippen LogP contribution in [0.25, 0.3) is 0 Å². The molecule has 1 atom stereocenters. The Morgan fingerprint density at radius 1 is 1.12 bits per heavy atom. The van der Waals surface area contributed by atoms with E-state index in [2.05, 4.69) is 10.3 Å². The number of hydrogen-bond donors (Lipinski definition) is 1. The number of para-hydroxylation sites is 1. The van der Waals surface area contributed by atoms with Gasteiger partial charge in [0.2, 0.25) is 5.91 Å². The molecular formula is C27H30N4O3. The fraction of sp³-hybridized carbons (Fsp3) is 0.296. The molecule has 1 fully saturated rings. The monoisotopic (exact) mass is 458 g/mol. The van der Waals surface area contributed by atoms with Gasteiger partial charge in [0.05, 0.1) is 13.2 Å². The Morgan fingerprint density at radius 2 is 1.94 bits per heavy atom. The number of amides is 2. The normalized spacial score (nSPS) is 15.7. The van der Waals surface area contributed by atoms with Gasteiger partial charge in [0, 0.05) is 62.3 Å². The molecule has 0 radical (unpaired) electrons. The predicted molar refractivity (Wildman–Crippen MR) is 132 cm³/mol. The molecule has 1 aliphatic rings. The topological polar surface area (TPSA) is 74.8 Å². The van der Waals surface area contributed by atoms with Gasteiger partial charge in [0.25, 0.3) is 5.91 Å². The molecule has 0 bridgehead atoms. The number of carbonyl (C=O) groups excluding carboxylic acids is 2. The molecule has 2 aromatic carbocycles. The van der Waals surface area contributed by atoms with Crippen molar-refractivity contribution >= 4 is 17.5 Å². The first-order chi connectivity index (χ1) is 16.5. The Bertz CT molecular complexity index is 1170. The van der Waals surface area contributed by atoms with Gasteiger partial charge >= 0.3 is 0 Å². The molecule has 0 saturated carbocycles. The van der Waals surface area contributed by atoms with Crippen molar-refractivity contribution in [3.63, 3.8) is 0 Å². The van der Waals surface area contributed by atoms with Gasteiger partial charge in [0.1, 0.15) is 5.75 Å². The van der Waals surface area contributed by atoms with Crippen LogP contribution >= 0.6 is 0 Å². The first-order valence-electron chi connectivity index (χ1n) is 11.4. The quantitative estimate of drug-likeness (QED) is 0.603.